The molecule has 0 radical (unpaired) electrons. The Hall–Kier alpha value is -1.47. The van der Waals surface area contributed by atoms with Crippen LogP contribution in [-0.2, 0) is 19.1 Å². The predicted molar refractivity (Wildman–Crippen MR) is 45.9 cm³/mol. The maximum absolute atomic E-state index is 11.1. The standard InChI is InChI=1S/C8H12O7/c1-3-15-7(13)8(14,4(2)9)5(10)6(11)12/h5,10,14H,3H2,1-2H3,(H,11,12). The van der Waals surface area contributed by atoms with Gasteiger partial charge >= 0.3 is 11.9 Å². The Morgan fingerprint density at radius 3 is 2.13 bits per heavy atom. The molecule has 0 aliphatic heterocycles. The molecule has 0 saturated carbocycles. The molecule has 7 heteroatoms. The molecule has 0 bridgehead atoms. The van der Waals surface area contributed by atoms with Crippen LogP contribution in [0.3, 0.4) is 0 Å². The molecule has 0 rings (SSSR count). The van der Waals surface area contributed by atoms with Crippen LogP contribution >= 0.6 is 0 Å². The molecular weight excluding hydrogens is 208 g/mol. The van der Waals surface area contributed by atoms with Crippen LogP contribution in [0.15, 0.2) is 0 Å². The number of hydrogen-bond donors (Lipinski definition) is 3. The number of esters is 1. The van der Waals surface area contributed by atoms with Crippen molar-refractivity contribution in [3.05, 3.63) is 0 Å². The number of carboxylic acids is 1. The van der Waals surface area contributed by atoms with Gasteiger partial charge in [-0.25, -0.2) is 9.59 Å². The number of aliphatic hydroxyl groups excluding tert-OH is 1. The first-order chi connectivity index (χ1) is 6.78. The molecule has 86 valence electrons. The number of ether oxygens (including phenoxy) is 1. The Bertz CT molecular complexity index is 285. The van der Waals surface area contributed by atoms with E-state index in [0.717, 1.165) is 6.92 Å². The Morgan fingerprint density at radius 2 is 1.87 bits per heavy atom. The monoisotopic (exact) mass is 220 g/mol. The summed E-state index contributed by atoms with van der Waals surface area (Å²) in [6.07, 6.45) is -2.55. The van der Waals surface area contributed by atoms with Crippen LogP contribution in [-0.4, -0.2) is 51.4 Å². The highest BCUT2D eigenvalue weighted by molar-refractivity contribution is 6.09. The second kappa shape index (κ2) is 4.85. The second-order valence-corrected chi connectivity index (χ2v) is 2.78. The minimum absolute atomic E-state index is 0.152. The predicted octanol–water partition coefficient (Wildman–Crippen LogP) is -1.68. The van der Waals surface area contributed by atoms with Crippen LogP contribution in [0.25, 0.3) is 0 Å². The molecule has 7 nitrogen and oxygen atoms in total. The lowest BCUT2D eigenvalue weighted by Crippen LogP contribution is -2.58. The first kappa shape index (κ1) is 13.5. The first-order valence-electron chi connectivity index (χ1n) is 4.10. The number of carbonyl (C=O) groups is 3. The molecule has 3 N–H and O–H groups in total. The normalized spacial score (nSPS) is 16.3. The fraction of sp³-hybridized carbons (Fsp3) is 0.625. The van der Waals surface area contributed by atoms with Crippen LogP contribution in [0.1, 0.15) is 13.8 Å². The van der Waals surface area contributed by atoms with Crippen LogP contribution < -0.4 is 0 Å². The van der Waals surface area contributed by atoms with E-state index in [2.05, 4.69) is 4.74 Å². The summed E-state index contributed by atoms with van der Waals surface area (Å²) < 4.78 is 4.31. The number of hydrogen-bond acceptors (Lipinski definition) is 6. The lowest BCUT2D eigenvalue weighted by atomic mass is 9.92. The van der Waals surface area contributed by atoms with Crippen molar-refractivity contribution in [2.24, 2.45) is 0 Å². The first-order valence-corrected chi connectivity index (χ1v) is 4.10. The van der Waals surface area contributed by atoms with Crippen molar-refractivity contribution < 1.29 is 34.4 Å². The largest absolute Gasteiger partial charge is 0.479 e. The van der Waals surface area contributed by atoms with E-state index in [9.17, 15) is 19.5 Å². The summed E-state index contributed by atoms with van der Waals surface area (Å²) in [6, 6.07) is 0. The van der Waals surface area contributed by atoms with Gasteiger partial charge in [0.15, 0.2) is 11.9 Å². The van der Waals surface area contributed by atoms with Crippen molar-refractivity contribution in [1.82, 2.24) is 0 Å². The Balaban J connectivity index is 5.15. The summed E-state index contributed by atoms with van der Waals surface area (Å²) in [5, 5.41) is 26.9. The van der Waals surface area contributed by atoms with Crippen molar-refractivity contribution in [2.45, 2.75) is 25.6 Å². The van der Waals surface area contributed by atoms with Crippen molar-refractivity contribution in [2.75, 3.05) is 6.61 Å². The minimum atomic E-state index is -3.05. The zero-order valence-corrected chi connectivity index (χ0v) is 8.26. The highest BCUT2D eigenvalue weighted by Crippen LogP contribution is 2.15. The van der Waals surface area contributed by atoms with E-state index in [1.807, 2.05) is 0 Å². The van der Waals surface area contributed by atoms with E-state index in [1.165, 1.54) is 6.92 Å². The number of carbonyl (C=O) groups excluding carboxylic acids is 2. The van der Waals surface area contributed by atoms with Crippen LogP contribution in [0.2, 0.25) is 0 Å². The smallest absolute Gasteiger partial charge is 0.349 e. The molecule has 15 heavy (non-hydrogen) atoms. The van der Waals surface area contributed by atoms with E-state index in [1.54, 1.807) is 0 Å². The Morgan fingerprint density at radius 1 is 1.40 bits per heavy atom. The fourth-order valence-electron chi connectivity index (χ4n) is 0.868. The molecule has 0 saturated heterocycles. The molecule has 0 aliphatic carbocycles. The Labute approximate surface area is 85.3 Å². The van der Waals surface area contributed by atoms with Gasteiger partial charge in [-0.2, -0.15) is 0 Å². The van der Waals surface area contributed by atoms with Gasteiger partial charge in [-0.05, 0) is 13.8 Å². The van der Waals surface area contributed by atoms with Gasteiger partial charge in [-0.3, -0.25) is 4.79 Å². The van der Waals surface area contributed by atoms with Gasteiger partial charge in [0.2, 0.25) is 0 Å². The average Bonchev–Trinajstić information content (AvgIpc) is 2.15. The second-order valence-electron chi connectivity index (χ2n) is 2.78. The van der Waals surface area contributed by atoms with Crippen LogP contribution in [0.4, 0.5) is 0 Å². The number of ketones is 1. The zero-order chi connectivity index (χ0) is 12.2. The van der Waals surface area contributed by atoms with Gasteiger partial charge in [-0.15, -0.1) is 0 Å². The number of aliphatic carboxylic acids is 1. The molecule has 0 aromatic heterocycles. The molecular formula is C8H12O7. The van der Waals surface area contributed by atoms with Gasteiger partial charge in [0.25, 0.3) is 5.60 Å². The molecule has 0 spiro atoms. The van der Waals surface area contributed by atoms with Crippen LogP contribution in [0, 0.1) is 0 Å². The lowest BCUT2D eigenvalue weighted by Gasteiger charge is -2.25. The van der Waals surface area contributed by atoms with Gasteiger partial charge in [-0.1, -0.05) is 0 Å². The molecule has 0 amide bonds. The molecule has 0 aromatic carbocycles. The van der Waals surface area contributed by atoms with E-state index in [-0.39, 0.29) is 6.61 Å². The Kier molecular flexibility index (Phi) is 4.38. The fourth-order valence-corrected chi connectivity index (χ4v) is 0.868. The lowest BCUT2D eigenvalue weighted by molar-refractivity contribution is -0.189. The summed E-state index contributed by atoms with van der Waals surface area (Å²) in [5.74, 6) is -4.57. The van der Waals surface area contributed by atoms with E-state index < -0.39 is 29.4 Å². The third kappa shape index (κ3) is 2.51. The van der Waals surface area contributed by atoms with Crippen molar-refractivity contribution in [1.29, 1.82) is 0 Å². The van der Waals surface area contributed by atoms with Crippen molar-refractivity contribution in [3.8, 4) is 0 Å². The molecule has 2 unspecified atom stereocenters. The van der Waals surface area contributed by atoms with Crippen LogP contribution in [0.5, 0.6) is 0 Å². The molecule has 0 heterocycles. The minimum Gasteiger partial charge on any atom is -0.479 e. The summed E-state index contributed by atoms with van der Waals surface area (Å²) >= 11 is 0. The topological polar surface area (TPSA) is 121 Å². The zero-order valence-electron chi connectivity index (χ0n) is 8.26. The SMILES string of the molecule is CCOC(=O)C(O)(C(C)=O)C(O)C(=O)O. The van der Waals surface area contributed by atoms with Gasteiger partial charge in [0.1, 0.15) is 0 Å². The maximum atomic E-state index is 11.1. The highest BCUT2D eigenvalue weighted by atomic mass is 16.6. The quantitative estimate of drug-likeness (QED) is 0.373. The third-order valence-electron chi connectivity index (χ3n) is 1.75. The summed E-state index contributed by atoms with van der Waals surface area (Å²) in [7, 11) is 0. The average molecular weight is 220 g/mol. The van der Waals surface area contributed by atoms with Crippen molar-refractivity contribution >= 4 is 17.7 Å². The number of rotatable bonds is 5. The number of aliphatic hydroxyl groups is 2. The van der Waals surface area contributed by atoms with Gasteiger partial charge < -0.3 is 20.1 Å². The highest BCUT2D eigenvalue weighted by Gasteiger charge is 2.53. The molecule has 0 aliphatic rings. The third-order valence-corrected chi connectivity index (χ3v) is 1.75. The van der Waals surface area contributed by atoms with Gasteiger partial charge in [0, 0.05) is 0 Å². The summed E-state index contributed by atoms with van der Waals surface area (Å²) in [6.45, 7) is 2.04. The number of Topliss-reactive ketones (excluding diaryl/α,β-unsaturated/α-hetero) is 1. The molecule has 2 atom stereocenters. The molecule has 0 aromatic rings. The molecule has 0 fully saturated rings. The van der Waals surface area contributed by atoms with Crippen molar-refractivity contribution in [3.63, 3.8) is 0 Å². The maximum Gasteiger partial charge on any atom is 0.349 e. The van der Waals surface area contributed by atoms with E-state index >= 15 is 0 Å². The summed E-state index contributed by atoms with van der Waals surface area (Å²) in [5.41, 5.74) is -3.05. The van der Waals surface area contributed by atoms with E-state index in [4.69, 9.17) is 10.2 Å². The summed E-state index contributed by atoms with van der Waals surface area (Å²) in [4.78, 5) is 32.5. The number of carboxylic acid groups (broad SMARTS) is 1. The van der Waals surface area contributed by atoms with Gasteiger partial charge in [0.05, 0.1) is 6.61 Å². The van der Waals surface area contributed by atoms with E-state index in [0.29, 0.717) is 0 Å².